The van der Waals surface area contributed by atoms with Crippen molar-refractivity contribution in [1.82, 2.24) is 4.90 Å². The van der Waals surface area contributed by atoms with Gasteiger partial charge in [-0.05, 0) is 51.6 Å². The molecule has 4 N–H and O–H groups in total. The number of benzene rings is 1. The number of carbonyl (C=O) groups excluding carboxylic acids is 4. The molecule has 0 amide bonds. The van der Waals surface area contributed by atoms with Crippen molar-refractivity contribution in [2.24, 2.45) is 0 Å². The Labute approximate surface area is 262 Å². The third-order valence-corrected chi connectivity index (χ3v) is 8.77. The van der Waals surface area contributed by atoms with Gasteiger partial charge in [0, 0.05) is 31.9 Å². The quantitative estimate of drug-likeness (QED) is 0.197. The number of likely N-dealkylation sites (tertiary alicyclic amines) is 1. The van der Waals surface area contributed by atoms with E-state index in [0.29, 0.717) is 24.1 Å². The van der Waals surface area contributed by atoms with E-state index in [4.69, 9.17) is 28.8 Å². The first-order chi connectivity index (χ1) is 21.4. The van der Waals surface area contributed by atoms with Crippen LogP contribution < -0.4 is 4.74 Å². The summed E-state index contributed by atoms with van der Waals surface area (Å²) in [6.45, 7) is 5.82. The average molecular weight is 650 g/mol. The lowest BCUT2D eigenvalue weighted by Gasteiger charge is -2.58. The molecule has 16 nitrogen and oxygen atoms in total. The van der Waals surface area contributed by atoms with E-state index in [1.807, 2.05) is 18.9 Å². The van der Waals surface area contributed by atoms with Gasteiger partial charge in [0.05, 0.1) is 17.4 Å². The molecule has 0 saturated carbocycles. The second kappa shape index (κ2) is 12.6. The number of aromatic hydroxyl groups is 1. The molecule has 46 heavy (non-hydrogen) atoms. The van der Waals surface area contributed by atoms with Crippen molar-refractivity contribution in [3.8, 4) is 11.5 Å². The first kappa shape index (κ1) is 34.2. The fourth-order valence-electron chi connectivity index (χ4n) is 6.55. The molecule has 0 radical (unpaired) electrons. The number of rotatable bonds is 10. The van der Waals surface area contributed by atoms with Gasteiger partial charge in [-0.1, -0.05) is 6.07 Å². The van der Waals surface area contributed by atoms with E-state index < -0.39 is 83.7 Å². The predicted molar refractivity (Wildman–Crippen MR) is 150 cm³/mol. The van der Waals surface area contributed by atoms with Crippen molar-refractivity contribution in [2.45, 2.75) is 88.4 Å². The second-order valence-electron chi connectivity index (χ2n) is 11.6. The van der Waals surface area contributed by atoms with Gasteiger partial charge in [-0.15, -0.1) is 0 Å². The summed E-state index contributed by atoms with van der Waals surface area (Å²) in [4.78, 5) is 75.3. The van der Waals surface area contributed by atoms with Crippen molar-refractivity contribution in [3.63, 3.8) is 0 Å². The highest BCUT2D eigenvalue weighted by Crippen LogP contribution is 2.62. The first-order valence-corrected chi connectivity index (χ1v) is 14.3. The highest BCUT2D eigenvalue weighted by molar-refractivity contribution is 5.91. The molecule has 2 aliphatic heterocycles. The van der Waals surface area contributed by atoms with Gasteiger partial charge in [-0.2, -0.15) is 0 Å². The van der Waals surface area contributed by atoms with Crippen molar-refractivity contribution in [1.29, 1.82) is 0 Å². The Bertz CT molecular complexity index is 1500. The Morgan fingerprint density at radius 2 is 1.63 bits per heavy atom. The molecule has 1 aromatic rings. The van der Waals surface area contributed by atoms with Gasteiger partial charge in [0.1, 0.15) is 5.76 Å². The number of piperidine rings is 1. The first-order valence-electron chi connectivity index (χ1n) is 14.3. The van der Waals surface area contributed by atoms with Gasteiger partial charge < -0.3 is 49.0 Å². The highest BCUT2D eigenvalue weighted by Gasteiger charge is 2.69. The van der Waals surface area contributed by atoms with Gasteiger partial charge in [0.2, 0.25) is 18.3 Å². The molecule has 16 heteroatoms. The summed E-state index contributed by atoms with van der Waals surface area (Å²) < 4.78 is 26.5. The highest BCUT2D eigenvalue weighted by atomic mass is 16.6. The molecule has 0 aromatic heterocycles. The van der Waals surface area contributed by atoms with Crippen LogP contribution in [0.5, 0.6) is 11.5 Å². The van der Waals surface area contributed by atoms with E-state index in [9.17, 15) is 44.1 Å². The van der Waals surface area contributed by atoms with Gasteiger partial charge in [0.15, 0.2) is 17.6 Å². The van der Waals surface area contributed by atoms with Crippen LogP contribution in [0.4, 0.5) is 0 Å². The van der Waals surface area contributed by atoms with E-state index in [0.717, 1.165) is 13.8 Å². The van der Waals surface area contributed by atoms with E-state index in [2.05, 4.69) is 0 Å². The van der Waals surface area contributed by atoms with Crippen LogP contribution in [0.2, 0.25) is 0 Å². The number of ether oxygens (including phenoxy) is 5. The summed E-state index contributed by atoms with van der Waals surface area (Å²) in [7, 11) is 1.85. The maximum absolute atomic E-state index is 13.7. The van der Waals surface area contributed by atoms with Crippen LogP contribution in [-0.2, 0) is 53.1 Å². The van der Waals surface area contributed by atoms with Gasteiger partial charge >= 0.3 is 35.8 Å². The zero-order valence-corrected chi connectivity index (χ0v) is 25.7. The van der Waals surface area contributed by atoms with Gasteiger partial charge in [0.25, 0.3) is 0 Å². The number of hydrogen-bond acceptors (Lipinski definition) is 14. The van der Waals surface area contributed by atoms with Crippen LogP contribution in [-0.4, -0.2) is 111 Å². The summed E-state index contributed by atoms with van der Waals surface area (Å²) >= 11 is 0. The number of aliphatic carboxylic acids is 2. The number of phenols is 1. The van der Waals surface area contributed by atoms with Crippen molar-refractivity contribution >= 4 is 35.8 Å². The second-order valence-corrected chi connectivity index (χ2v) is 11.6. The molecule has 1 spiro atoms. The maximum atomic E-state index is 13.7. The van der Waals surface area contributed by atoms with Crippen molar-refractivity contribution in [3.05, 3.63) is 35.1 Å². The number of fused-ring (bicyclic) bond motifs is 1. The normalized spacial score (nSPS) is 26.8. The maximum Gasteiger partial charge on any atom is 0.357 e. The number of hydrogen-bond donors (Lipinski definition) is 4. The Kier molecular flexibility index (Phi) is 9.36. The molecule has 0 bridgehead atoms. The van der Waals surface area contributed by atoms with Gasteiger partial charge in [-0.3, -0.25) is 14.4 Å². The number of aliphatic hydroxyl groups is 1. The molecule has 7 atom stereocenters. The minimum absolute atomic E-state index is 0.0569. The fourth-order valence-corrected chi connectivity index (χ4v) is 6.55. The fraction of sp³-hybridized carbons (Fsp3) is 0.533. The Balaban J connectivity index is 1.74. The molecule has 250 valence electrons. The number of carboxylic acids is 2. The molecular formula is C30H35NO15. The smallest absolute Gasteiger partial charge is 0.357 e. The van der Waals surface area contributed by atoms with Crippen LogP contribution >= 0.6 is 0 Å². The summed E-state index contributed by atoms with van der Waals surface area (Å²) in [6, 6.07) is 2.66. The van der Waals surface area contributed by atoms with Crippen LogP contribution in [0.25, 0.3) is 0 Å². The minimum Gasteiger partial charge on any atom is -0.504 e. The molecule has 0 unspecified atom stereocenters. The number of phenolic OH excluding ortho intramolecular Hbond substituents is 1. The number of likely N-dealkylation sites (N-methyl/N-ethyl adjacent to an activating group) is 1. The number of carbonyl (C=O) groups is 6. The van der Waals surface area contributed by atoms with E-state index in [1.165, 1.54) is 12.1 Å². The summed E-state index contributed by atoms with van der Waals surface area (Å²) in [5.74, 6) is -9.25. The molecule has 1 aliphatic carbocycles. The van der Waals surface area contributed by atoms with E-state index in [1.54, 1.807) is 13.0 Å². The summed E-state index contributed by atoms with van der Waals surface area (Å²) in [5.41, 5.74) is -1.50. The lowest BCUT2D eigenvalue weighted by molar-refractivity contribution is -0.195. The third-order valence-electron chi connectivity index (χ3n) is 8.77. The van der Waals surface area contributed by atoms with Crippen molar-refractivity contribution in [2.75, 3.05) is 13.6 Å². The van der Waals surface area contributed by atoms with E-state index >= 15 is 0 Å². The Morgan fingerprint density at radius 3 is 2.20 bits per heavy atom. The van der Waals surface area contributed by atoms with Crippen LogP contribution in [0.3, 0.4) is 0 Å². The Hall–Kier alpha value is -4.70. The largest absolute Gasteiger partial charge is 0.504 e. The molecule has 1 saturated heterocycles. The Morgan fingerprint density at radius 1 is 1.02 bits per heavy atom. The number of aryl methyl sites for hydroxylation is 1. The topological polar surface area (TPSA) is 233 Å². The lowest BCUT2D eigenvalue weighted by atomic mass is 9.54. The van der Waals surface area contributed by atoms with Gasteiger partial charge in [-0.25, -0.2) is 14.4 Å². The zero-order valence-electron chi connectivity index (χ0n) is 25.7. The molecular weight excluding hydrogens is 614 g/mol. The predicted octanol–water partition coefficient (Wildman–Crippen LogP) is 0.320. The number of carboxylic acid groups (broad SMARTS) is 2. The SMILES string of the molecule is CC(=O)O[C@@H](C(=O)OC1=CC[C@@]2(O)[C@@H](C)N(C)CC[C@@]23c2c(C)ccc(O)c2O[C@@H]13)[C@@H](OC(C)=O)C(=O)O[C@H](CC(=O)O)C(=O)O. The van der Waals surface area contributed by atoms with Crippen molar-refractivity contribution < 1.29 is 72.9 Å². The van der Waals surface area contributed by atoms with Crippen LogP contribution in [0.1, 0.15) is 51.2 Å². The average Bonchev–Trinajstić information content (AvgIpc) is 3.33. The molecule has 2 heterocycles. The zero-order chi connectivity index (χ0) is 34.3. The number of esters is 4. The lowest BCUT2D eigenvalue weighted by Crippen LogP contribution is -2.71. The standard InChI is InChI=1S/C30H35NO15/c1-13-6-7-17(34)22-21(13)29-10-11-31(5)14(2)30(29,41)9-8-18(25(29)46-22)44-27(39)23(42-15(3)32)24(43-16(4)33)28(40)45-19(26(37)38)12-20(35)36/h6-8,14,19,23-25,34,41H,9-12H2,1-5H3,(H,35,36)(H,37,38)/t14-,19-,23-,24-,25+,29+,30-/m1/s1. The number of nitrogens with zero attached hydrogens (tertiary/aromatic N) is 1. The minimum atomic E-state index is -2.41. The van der Waals surface area contributed by atoms with E-state index in [-0.39, 0.29) is 23.7 Å². The molecule has 1 fully saturated rings. The summed E-state index contributed by atoms with van der Waals surface area (Å²) in [6.07, 6.45) is -7.73. The third kappa shape index (κ3) is 5.85. The van der Waals surface area contributed by atoms with Crippen LogP contribution in [0, 0.1) is 6.92 Å². The molecule has 3 aliphatic rings. The summed E-state index contributed by atoms with van der Waals surface area (Å²) in [5, 5.41) is 41.4. The molecule has 1 aromatic carbocycles. The molecule has 4 rings (SSSR count). The van der Waals surface area contributed by atoms with Crippen LogP contribution in [0.15, 0.2) is 24.0 Å². The monoisotopic (exact) mass is 649 g/mol.